The van der Waals surface area contributed by atoms with Crippen molar-refractivity contribution in [3.8, 4) is 0 Å². The van der Waals surface area contributed by atoms with E-state index in [1.54, 1.807) is 0 Å². The van der Waals surface area contributed by atoms with Gasteiger partial charge in [-0.1, -0.05) is 42.6 Å². The first-order chi connectivity index (χ1) is 12.1. The largest absolute Gasteiger partial charge is 0.339 e. The minimum absolute atomic E-state index is 0. The predicted octanol–water partition coefficient (Wildman–Crippen LogP) is 4.36. The molecule has 1 aromatic rings. The number of carbonyl (C=O) groups excluding carboxylic acids is 1. The van der Waals surface area contributed by atoms with Crippen LogP contribution in [-0.2, 0) is 11.3 Å². The highest BCUT2D eigenvalue weighted by atomic mass is 35.5. The molecule has 2 aliphatic rings. The molecule has 2 fully saturated rings. The van der Waals surface area contributed by atoms with Crippen LogP contribution in [0.2, 0.25) is 10.0 Å². The molecule has 154 valence electrons. The number of hydrogen-bond acceptors (Lipinski definition) is 3. The number of likely N-dealkylation sites (tertiary alicyclic amines) is 1. The van der Waals surface area contributed by atoms with Gasteiger partial charge in [0.05, 0.1) is 16.1 Å². The van der Waals surface area contributed by atoms with Crippen LogP contribution in [0.15, 0.2) is 18.2 Å². The number of carbonyl (C=O) groups is 1. The van der Waals surface area contributed by atoms with E-state index in [1.807, 2.05) is 18.2 Å². The summed E-state index contributed by atoms with van der Waals surface area (Å²) in [6.07, 6.45) is 3.40. The van der Waals surface area contributed by atoms with Crippen LogP contribution in [0, 0.1) is 0 Å². The van der Waals surface area contributed by atoms with Crippen LogP contribution >= 0.6 is 48.0 Å². The van der Waals surface area contributed by atoms with Crippen LogP contribution in [0.5, 0.6) is 0 Å². The zero-order chi connectivity index (χ0) is 17.8. The minimum Gasteiger partial charge on any atom is -0.339 e. The molecule has 0 aromatic heterocycles. The fraction of sp³-hybridized carbons (Fsp3) is 0.632. The fourth-order valence-corrected chi connectivity index (χ4v) is 4.20. The molecule has 8 heteroatoms. The molecular weight excluding hydrogens is 428 g/mol. The number of halogens is 4. The molecule has 3 rings (SSSR count). The number of hydrogen-bond donors (Lipinski definition) is 0. The summed E-state index contributed by atoms with van der Waals surface area (Å²) < 4.78 is 0. The molecule has 2 aliphatic heterocycles. The molecule has 2 saturated heterocycles. The summed E-state index contributed by atoms with van der Waals surface area (Å²) in [5.41, 5.74) is 1.17. The average Bonchev–Trinajstić information content (AvgIpc) is 2.65. The van der Waals surface area contributed by atoms with E-state index in [4.69, 9.17) is 23.2 Å². The van der Waals surface area contributed by atoms with Crippen molar-refractivity contribution in [2.24, 2.45) is 0 Å². The van der Waals surface area contributed by atoms with E-state index in [9.17, 15) is 4.79 Å². The third kappa shape index (κ3) is 6.38. The van der Waals surface area contributed by atoms with E-state index in [0.29, 0.717) is 16.0 Å². The van der Waals surface area contributed by atoms with Crippen LogP contribution in [0.4, 0.5) is 0 Å². The van der Waals surface area contributed by atoms with E-state index in [1.165, 1.54) is 18.4 Å². The number of piperazine rings is 1. The molecule has 2 heterocycles. The zero-order valence-electron chi connectivity index (χ0n) is 15.7. The van der Waals surface area contributed by atoms with Crippen molar-refractivity contribution in [1.29, 1.82) is 0 Å². The molecule has 0 unspecified atom stereocenters. The lowest BCUT2D eigenvalue weighted by Gasteiger charge is -2.40. The summed E-state index contributed by atoms with van der Waals surface area (Å²) in [4.78, 5) is 19.7. The average molecular weight is 457 g/mol. The summed E-state index contributed by atoms with van der Waals surface area (Å²) in [6.45, 7) is 8.47. The minimum atomic E-state index is 0. The van der Waals surface area contributed by atoms with Crippen molar-refractivity contribution >= 4 is 53.9 Å². The number of rotatable bonds is 4. The van der Waals surface area contributed by atoms with Gasteiger partial charge in [-0.2, -0.15) is 0 Å². The Morgan fingerprint density at radius 2 is 1.74 bits per heavy atom. The summed E-state index contributed by atoms with van der Waals surface area (Å²) in [7, 11) is 0. The predicted molar refractivity (Wildman–Crippen MR) is 118 cm³/mol. The fourth-order valence-electron chi connectivity index (χ4n) is 3.88. The Kier molecular flexibility index (Phi) is 10.7. The molecule has 0 radical (unpaired) electrons. The lowest BCUT2D eigenvalue weighted by atomic mass is 10.0. The molecule has 1 amide bonds. The summed E-state index contributed by atoms with van der Waals surface area (Å²) in [5.74, 6) is 0.329. The second kappa shape index (κ2) is 11.7. The van der Waals surface area contributed by atoms with Crippen molar-refractivity contribution in [2.45, 2.75) is 38.8 Å². The second-order valence-corrected chi connectivity index (χ2v) is 7.80. The maximum absolute atomic E-state index is 12.9. The molecule has 0 bridgehead atoms. The van der Waals surface area contributed by atoms with Gasteiger partial charge in [-0.3, -0.25) is 14.6 Å². The lowest BCUT2D eigenvalue weighted by Crippen LogP contribution is -2.55. The quantitative estimate of drug-likeness (QED) is 0.673. The van der Waals surface area contributed by atoms with Gasteiger partial charge in [-0.25, -0.2) is 0 Å². The highest BCUT2D eigenvalue weighted by molar-refractivity contribution is 6.42. The second-order valence-electron chi connectivity index (χ2n) is 6.99. The molecule has 27 heavy (non-hydrogen) atoms. The molecular formula is C19H29Cl4N3O. The van der Waals surface area contributed by atoms with Crippen LogP contribution < -0.4 is 0 Å². The molecule has 1 aromatic carbocycles. The van der Waals surface area contributed by atoms with E-state index < -0.39 is 0 Å². The Hall–Kier alpha value is -0.230. The number of nitrogens with zero attached hydrogens (tertiary/aromatic N) is 3. The maximum Gasteiger partial charge on any atom is 0.240 e. The smallest absolute Gasteiger partial charge is 0.240 e. The van der Waals surface area contributed by atoms with Crippen molar-refractivity contribution in [2.75, 3.05) is 39.3 Å². The Morgan fingerprint density at radius 3 is 2.37 bits per heavy atom. The highest BCUT2D eigenvalue weighted by Crippen LogP contribution is 2.24. The van der Waals surface area contributed by atoms with E-state index >= 15 is 0 Å². The van der Waals surface area contributed by atoms with Gasteiger partial charge < -0.3 is 4.90 Å². The van der Waals surface area contributed by atoms with E-state index in [-0.39, 0.29) is 30.9 Å². The first kappa shape index (κ1) is 24.8. The van der Waals surface area contributed by atoms with Crippen LogP contribution in [0.3, 0.4) is 0 Å². The normalized spacial score (nSPS) is 21.3. The molecule has 0 saturated carbocycles. The summed E-state index contributed by atoms with van der Waals surface area (Å²) >= 11 is 12.1. The Morgan fingerprint density at radius 1 is 1.04 bits per heavy atom. The third-order valence-electron chi connectivity index (χ3n) is 5.38. The Bertz CT molecular complexity index is 609. The van der Waals surface area contributed by atoms with Gasteiger partial charge in [-0.05, 0) is 43.6 Å². The number of piperidine rings is 1. The van der Waals surface area contributed by atoms with Gasteiger partial charge in [0.25, 0.3) is 0 Å². The molecule has 1 atom stereocenters. The van der Waals surface area contributed by atoms with Gasteiger partial charge in [0.2, 0.25) is 5.91 Å². The Balaban J connectivity index is 0.00000182. The van der Waals surface area contributed by atoms with Crippen LogP contribution in [0.25, 0.3) is 0 Å². The van der Waals surface area contributed by atoms with Gasteiger partial charge >= 0.3 is 0 Å². The van der Waals surface area contributed by atoms with Gasteiger partial charge in [0, 0.05) is 32.7 Å². The molecule has 0 aliphatic carbocycles. The number of benzene rings is 1. The molecule has 0 spiro atoms. The van der Waals surface area contributed by atoms with Crippen molar-refractivity contribution in [3.63, 3.8) is 0 Å². The third-order valence-corrected chi connectivity index (χ3v) is 6.12. The number of amides is 1. The van der Waals surface area contributed by atoms with Crippen molar-refractivity contribution < 1.29 is 4.79 Å². The van der Waals surface area contributed by atoms with Gasteiger partial charge in [0.1, 0.15) is 0 Å². The summed E-state index contributed by atoms with van der Waals surface area (Å²) in [5, 5.41) is 1.19. The van der Waals surface area contributed by atoms with E-state index in [2.05, 4.69) is 21.6 Å². The summed E-state index contributed by atoms with van der Waals surface area (Å²) in [6, 6.07) is 5.90. The lowest BCUT2D eigenvalue weighted by molar-refractivity contribution is -0.140. The van der Waals surface area contributed by atoms with Crippen LogP contribution in [0.1, 0.15) is 31.7 Å². The first-order valence-corrected chi connectivity index (χ1v) is 10.0. The SMILES string of the molecule is CCN1CCCC[C@H]1C(=O)N1CCN(Cc2ccc(Cl)c(Cl)c2)CC1.Cl.Cl. The van der Waals surface area contributed by atoms with Crippen LogP contribution in [-0.4, -0.2) is 65.9 Å². The number of likely N-dealkylation sites (N-methyl/N-ethyl adjacent to an activating group) is 1. The topological polar surface area (TPSA) is 26.8 Å². The van der Waals surface area contributed by atoms with Gasteiger partial charge in [0.15, 0.2) is 0 Å². The first-order valence-electron chi connectivity index (χ1n) is 9.27. The molecule has 0 N–H and O–H groups in total. The van der Waals surface area contributed by atoms with Crippen molar-refractivity contribution in [1.82, 2.24) is 14.7 Å². The maximum atomic E-state index is 12.9. The van der Waals surface area contributed by atoms with Crippen molar-refractivity contribution in [3.05, 3.63) is 33.8 Å². The Labute approximate surface area is 185 Å². The monoisotopic (exact) mass is 455 g/mol. The van der Waals surface area contributed by atoms with E-state index in [0.717, 1.165) is 52.2 Å². The standard InChI is InChI=1S/C19H27Cl2N3O.2ClH/c1-2-23-8-4-3-5-18(23)19(25)24-11-9-22(10-12-24)14-15-6-7-16(20)17(21)13-15;;/h6-7,13,18H,2-5,8-12,14H2,1H3;2*1H/t18-;;/m0../s1. The van der Waals surface area contributed by atoms with Gasteiger partial charge in [-0.15, -0.1) is 24.8 Å². The highest BCUT2D eigenvalue weighted by Gasteiger charge is 2.32. The zero-order valence-corrected chi connectivity index (χ0v) is 18.8. The molecule has 4 nitrogen and oxygen atoms in total.